The monoisotopic (exact) mass is 497 g/mol. The van der Waals surface area contributed by atoms with Crippen molar-refractivity contribution in [1.29, 1.82) is 0 Å². The molecule has 34 heavy (non-hydrogen) atoms. The minimum absolute atomic E-state index is 0.142. The molecule has 2 aliphatic rings. The lowest BCUT2D eigenvalue weighted by Crippen LogP contribution is -2.48. The molecule has 2 aliphatic heterocycles. The van der Waals surface area contributed by atoms with Gasteiger partial charge in [0.25, 0.3) is 17.7 Å². The summed E-state index contributed by atoms with van der Waals surface area (Å²) in [5.74, 6) is -0.812. The van der Waals surface area contributed by atoms with E-state index in [0.717, 1.165) is 15.0 Å². The van der Waals surface area contributed by atoms with Crippen molar-refractivity contribution in [2.75, 3.05) is 51.3 Å². The van der Waals surface area contributed by atoms with Crippen LogP contribution >= 0.6 is 22.7 Å². The number of fused-ring (bicyclic) bond motifs is 1. The highest BCUT2D eigenvalue weighted by Gasteiger charge is 2.36. The van der Waals surface area contributed by atoms with E-state index in [1.54, 1.807) is 52.9 Å². The summed E-state index contributed by atoms with van der Waals surface area (Å²) in [5.41, 5.74) is 1.06. The second kappa shape index (κ2) is 9.61. The van der Waals surface area contributed by atoms with Crippen LogP contribution in [0.3, 0.4) is 0 Å². The highest BCUT2D eigenvalue weighted by Crippen LogP contribution is 2.32. The van der Waals surface area contributed by atoms with Gasteiger partial charge in [-0.2, -0.15) is 0 Å². The Morgan fingerprint density at radius 1 is 1.06 bits per heavy atom. The number of anilines is 1. The maximum atomic E-state index is 13.1. The molecule has 0 atom stereocenters. The largest absolute Gasteiger partial charge is 0.385 e. The lowest BCUT2D eigenvalue weighted by Gasteiger charge is -2.34. The Labute approximate surface area is 204 Å². The summed E-state index contributed by atoms with van der Waals surface area (Å²) in [7, 11) is 1.58. The number of aromatic nitrogens is 2. The van der Waals surface area contributed by atoms with E-state index in [4.69, 9.17) is 4.74 Å². The minimum atomic E-state index is -0.353. The number of ether oxygens (including phenoxy) is 1. The number of amides is 3. The molecule has 0 bridgehead atoms. The first kappa shape index (κ1) is 22.6. The second-order valence-corrected chi connectivity index (χ2v) is 9.92. The van der Waals surface area contributed by atoms with Gasteiger partial charge >= 0.3 is 0 Å². The predicted molar refractivity (Wildman–Crippen MR) is 130 cm³/mol. The fourth-order valence-electron chi connectivity index (χ4n) is 4.12. The van der Waals surface area contributed by atoms with Gasteiger partial charge in [-0.15, -0.1) is 21.5 Å². The molecule has 2 aromatic heterocycles. The van der Waals surface area contributed by atoms with Crippen LogP contribution in [0.1, 0.15) is 37.5 Å². The summed E-state index contributed by atoms with van der Waals surface area (Å²) < 4.78 is 5.01. The summed E-state index contributed by atoms with van der Waals surface area (Å²) in [6.07, 6.45) is 0.571. The van der Waals surface area contributed by atoms with Crippen LogP contribution in [0.5, 0.6) is 0 Å². The number of hydrogen-bond donors (Lipinski definition) is 0. The SMILES string of the molecule is COCCCN1C(=O)c2ccc(C(=O)N3CCN(c4nnc(-c5cccs5)s4)CC3)cc2C1=O. The van der Waals surface area contributed by atoms with Crippen LogP contribution in [0.15, 0.2) is 35.7 Å². The van der Waals surface area contributed by atoms with Crippen molar-refractivity contribution in [3.63, 3.8) is 0 Å². The van der Waals surface area contributed by atoms with E-state index >= 15 is 0 Å². The van der Waals surface area contributed by atoms with E-state index in [-0.39, 0.29) is 17.7 Å². The fraction of sp³-hybridized carbons (Fsp3) is 0.348. The maximum absolute atomic E-state index is 13.1. The first-order valence-corrected chi connectivity index (χ1v) is 12.7. The molecule has 9 nitrogen and oxygen atoms in total. The summed E-state index contributed by atoms with van der Waals surface area (Å²) in [6.45, 7) is 3.15. The van der Waals surface area contributed by atoms with Crippen molar-refractivity contribution >= 4 is 45.5 Å². The van der Waals surface area contributed by atoms with E-state index in [1.165, 1.54) is 4.90 Å². The number of carbonyl (C=O) groups is 3. The Hall–Kier alpha value is -3.15. The van der Waals surface area contributed by atoms with Gasteiger partial charge in [-0.05, 0) is 36.1 Å². The Morgan fingerprint density at radius 3 is 2.59 bits per heavy atom. The van der Waals surface area contributed by atoms with E-state index in [9.17, 15) is 14.4 Å². The average molecular weight is 498 g/mol. The quantitative estimate of drug-likeness (QED) is 0.366. The van der Waals surface area contributed by atoms with Crippen molar-refractivity contribution < 1.29 is 19.1 Å². The molecule has 3 amide bonds. The van der Waals surface area contributed by atoms with Gasteiger partial charge in [0.2, 0.25) is 5.13 Å². The maximum Gasteiger partial charge on any atom is 0.261 e. The fourth-order valence-corrected chi connectivity index (χ4v) is 5.81. The molecule has 0 radical (unpaired) electrons. The molecule has 0 spiro atoms. The van der Waals surface area contributed by atoms with Crippen LogP contribution in [-0.4, -0.2) is 84.2 Å². The van der Waals surface area contributed by atoms with Crippen molar-refractivity contribution in [3.05, 3.63) is 52.4 Å². The van der Waals surface area contributed by atoms with Crippen molar-refractivity contribution in [2.45, 2.75) is 6.42 Å². The first-order chi connectivity index (χ1) is 16.6. The van der Waals surface area contributed by atoms with Gasteiger partial charge in [0.15, 0.2) is 5.01 Å². The highest BCUT2D eigenvalue weighted by molar-refractivity contribution is 7.22. The standard InChI is InChI=1S/C23H23N5O4S2/c1-32-12-3-7-28-21(30)16-6-5-15(14-17(16)22(28)31)20(29)26-8-10-27(11-9-26)23-25-24-19(34-23)18-4-2-13-33-18/h2,4-6,13-14H,3,7-12H2,1H3. The van der Waals surface area contributed by atoms with Gasteiger partial charge in [0.05, 0.1) is 16.0 Å². The molecule has 3 aromatic rings. The zero-order chi connectivity index (χ0) is 23.7. The van der Waals surface area contributed by atoms with Gasteiger partial charge in [0, 0.05) is 52.0 Å². The molecule has 1 saturated heterocycles. The number of benzene rings is 1. The lowest BCUT2D eigenvalue weighted by molar-refractivity contribution is 0.0638. The molecule has 176 valence electrons. The molecule has 0 aliphatic carbocycles. The zero-order valence-electron chi connectivity index (χ0n) is 18.6. The van der Waals surface area contributed by atoms with Gasteiger partial charge < -0.3 is 14.5 Å². The number of hydrogen-bond acceptors (Lipinski definition) is 9. The lowest BCUT2D eigenvalue weighted by atomic mass is 10.0. The predicted octanol–water partition coefficient (Wildman–Crippen LogP) is 2.86. The molecule has 1 aromatic carbocycles. The molecule has 0 N–H and O–H groups in total. The number of imide groups is 1. The average Bonchev–Trinajstić information content (AvgIpc) is 3.61. The number of nitrogens with zero attached hydrogens (tertiary/aromatic N) is 5. The van der Waals surface area contributed by atoms with Crippen LogP contribution in [-0.2, 0) is 4.74 Å². The third kappa shape index (κ3) is 4.22. The van der Waals surface area contributed by atoms with Gasteiger partial charge in [-0.25, -0.2) is 0 Å². The van der Waals surface area contributed by atoms with Crippen molar-refractivity contribution in [3.8, 4) is 9.88 Å². The van der Waals surface area contributed by atoms with E-state index in [1.807, 2.05) is 17.5 Å². The molecule has 0 saturated carbocycles. The van der Waals surface area contributed by atoms with Gasteiger partial charge in [0.1, 0.15) is 0 Å². The van der Waals surface area contributed by atoms with Crippen LogP contribution < -0.4 is 4.90 Å². The highest BCUT2D eigenvalue weighted by atomic mass is 32.1. The number of piperazine rings is 1. The van der Waals surface area contributed by atoms with Crippen LogP contribution in [0.25, 0.3) is 9.88 Å². The third-order valence-electron chi connectivity index (χ3n) is 5.93. The normalized spacial score (nSPS) is 15.9. The molecule has 0 unspecified atom stereocenters. The second-order valence-electron chi connectivity index (χ2n) is 8.01. The first-order valence-electron chi connectivity index (χ1n) is 11.0. The Kier molecular flexibility index (Phi) is 6.40. The number of thiophene rings is 1. The molecular weight excluding hydrogens is 474 g/mol. The number of rotatable bonds is 7. The van der Waals surface area contributed by atoms with Crippen LogP contribution in [0.4, 0.5) is 5.13 Å². The van der Waals surface area contributed by atoms with Crippen LogP contribution in [0.2, 0.25) is 0 Å². The number of methoxy groups -OCH3 is 1. The Morgan fingerprint density at radius 2 is 1.85 bits per heavy atom. The summed E-state index contributed by atoms with van der Waals surface area (Å²) in [4.78, 5) is 44.7. The summed E-state index contributed by atoms with van der Waals surface area (Å²) >= 11 is 3.19. The zero-order valence-corrected chi connectivity index (χ0v) is 20.2. The molecular formula is C23H23N5O4S2. The molecule has 5 rings (SSSR count). The smallest absolute Gasteiger partial charge is 0.261 e. The molecule has 11 heteroatoms. The minimum Gasteiger partial charge on any atom is -0.385 e. The number of carbonyl (C=O) groups excluding carboxylic acids is 3. The molecule has 4 heterocycles. The van der Waals surface area contributed by atoms with Gasteiger partial charge in [-0.3, -0.25) is 19.3 Å². The van der Waals surface area contributed by atoms with Gasteiger partial charge in [-0.1, -0.05) is 17.4 Å². The Bertz CT molecular complexity index is 1220. The van der Waals surface area contributed by atoms with Crippen LogP contribution in [0, 0.1) is 0 Å². The summed E-state index contributed by atoms with van der Waals surface area (Å²) in [5, 5.41) is 12.4. The van der Waals surface area contributed by atoms with E-state index in [2.05, 4.69) is 15.1 Å². The Balaban J connectivity index is 1.23. The van der Waals surface area contributed by atoms with E-state index in [0.29, 0.717) is 62.4 Å². The van der Waals surface area contributed by atoms with E-state index < -0.39 is 0 Å². The van der Waals surface area contributed by atoms with Crippen molar-refractivity contribution in [1.82, 2.24) is 20.0 Å². The summed E-state index contributed by atoms with van der Waals surface area (Å²) in [6, 6.07) is 8.79. The van der Waals surface area contributed by atoms with Crippen molar-refractivity contribution in [2.24, 2.45) is 0 Å². The topological polar surface area (TPSA) is 95.9 Å². The third-order valence-corrected chi connectivity index (χ3v) is 7.95. The molecule has 1 fully saturated rings.